The molecule has 0 aliphatic heterocycles. The lowest BCUT2D eigenvalue weighted by molar-refractivity contribution is 0.540. The summed E-state index contributed by atoms with van der Waals surface area (Å²) in [6.45, 7) is 9.63. The molecule has 0 fully saturated rings. The van der Waals surface area contributed by atoms with E-state index in [4.69, 9.17) is 0 Å². The molecule has 0 aromatic heterocycles. The van der Waals surface area contributed by atoms with Gasteiger partial charge in [-0.25, -0.2) is 0 Å². The lowest BCUT2D eigenvalue weighted by atomic mass is 9.97. The minimum atomic E-state index is 0.220. The first-order valence-electron chi connectivity index (χ1n) is 2.95. The van der Waals surface area contributed by atoms with Gasteiger partial charge in [0.15, 0.2) is 0 Å². The zero-order valence-corrected chi connectivity index (χ0v) is 6.31. The van der Waals surface area contributed by atoms with Crippen molar-refractivity contribution in [3.63, 3.8) is 0 Å². The third kappa shape index (κ3) is 7.21. The number of allylic oxidation sites excluding steroid dienone is 1. The van der Waals surface area contributed by atoms with Gasteiger partial charge in [-0.3, -0.25) is 5.43 Å². The Balaban J connectivity index is 3.57. The van der Waals surface area contributed by atoms with E-state index in [0.717, 1.165) is 0 Å². The predicted octanol–water partition coefficient (Wildman–Crippen LogP) is 1.75. The summed E-state index contributed by atoms with van der Waals surface area (Å²) in [6.07, 6.45) is 3.81. The Bertz CT molecular complexity index is 109. The molecule has 1 N–H and O–H groups in total. The molecule has 9 heavy (non-hydrogen) atoms. The van der Waals surface area contributed by atoms with Gasteiger partial charge in [-0.05, 0) is 5.41 Å². The van der Waals surface area contributed by atoms with Crippen LogP contribution in [0.4, 0.5) is 0 Å². The van der Waals surface area contributed by atoms with Gasteiger partial charge in [0.2, 0.25) is 0 Å². The Morgan fingerprint density at radius 1 is 1.44 bits per heavy atom. The topological polar surface area (TPSA) is 24.4 Å². The highest BCUT2D eigenvalue weighted by Crippen LogP contribution is 2.13. The van der Waals surface area contributed by atoms with Gasteiger partial charge in [-0.15, -0.1) is 0 Å². The first-order chi connectivity index (χ1) is 4.06. The van der Waals surface area contributed by atoms with E-state index in [-0.39, 0.29) is 5.41 Å². The highest BCUT2D eigenvalue weighted by molar-refractivity contribution is 5.22. The zero-order chi connectivity index (χ0) is 7.33. The van der Waals surface area contributed by atoms with Crippen LogP contribution in [0.2, 0.25) is 0 Å². The highest BCUT2D eigenvalue weighted by atomic mass is 15.3. The molecule has 0 rings (SSSR count). The van der Waals surface area contributed by atoms with Crippen LogP contribution in [-0.4, -0.2) is 6.72 Å². The van der Waals surface area contributed by atoms with Crippen molar-refractivity contribution in [1.82, 2.24) is 5.43 Å². The first kappa shape index (κ1) is 8.21. The number of hydrogen-bond donors (Lipinski definition) is 1. The van der Waals surface area contributed by atoms with Crippen LogP contribution in [0.1, 0.15) is 20.8 Å². The predicted molar refractivity (Wildman–Crippen MR) is 41.3 cm³/mol. The Morgan fingerprint density at radius 2 is 2.00 bits per heavy atom. The number of hydrogen-bond acceptors (Lipinski definition) is 2. The summed E-state index contributed by atoms with van der Waals surface area (Å²) in [5.74, 6) is 0. The minimum absolute atomic E-state index is 0.220. The lowest BCUT2D eigenvalue weighted by Crippen LogP contribution is -2.01. The maximum atomic E-state index is 3.45. The van der Waals surface area contributed by atoms with Crippen molar-refractivity contribution in [2.45, 2.75) is 20.8 Å². The van der Waals surface area contributed by atoms with Crippen molar-refractivity contribution in [3.8, 4) is 0 Å². The molecule has 0 radical (unpaired) electrons. The highest BCUT2D eigenvalue weighted by Gasteiger charge is 2.01. The van der Waals surface area contributed by atoms with E-state index in [9.17, 15) is 0 Å². The molecule has 2 nitrogen and oxygen atoms in total. The van der Waals surface area contributed by atoms with Crippen LogP contribution in [0.5, 0.6) is 0 Å². The fraction of sp³-hybridized carbons (Fsp3) is 0.571. The van der Waals surface area contributed by atoms with Crippen molar-refractivity contribution in [3.05, 3.63) is 12.3 Å². The second kappa shape index (κ2) is 3.28. The van der Waals surface area contributed by atoms with E-state index in [1.807, 2.05) is 6.08 Å². The quantitative estimate of drug-likeness (QED) is 0.442. The molecule has 0 atom stereocenters. The summed E-state index contributed by atoms with van der Waals surface area (Å²) >= 11 is 0. The van der Waals surface area contributed by atoms with Gasteiger partial charge in [0.1, 0.15) is 0 Å². The fourth-order valence-electron chi connectivity index (χ4n) is 0.340. The van der Waals surface area contributed by atoms with Crippen LogP contribution in [0.3, 0.4) is 0 Å². The molecule has 52 valence electrons. The summed E-state index contributed by atoms with van der Waals surface area (Å²) in [5, 5.41) is 3.45. The standard InChI is InChI=1S/C7H14N2/c1-7(2,3)5-6-9-8-4/h5-6,9H,4H2,1-3H3/b6-5-. The molecule has 0 aromatic carbocycles. The van der Waals surface area contributed by atoms with Crippen molar-refractivity contribution < 1.29 is 0 Å². The normalized spacial score (nSPS) is 11.9. The van der Waals surface area contributed by atoms with Crippen LogP contribution in [0, 0.1) is 5.41 Å². The van der Waals surface area contributed by atoms with Crippen LogP contribution in [0.15, 0.2) is 17.4 Å². The molecule has 0 amide bonds. The molecule has 0 aliphatic rings. The molecular weight excluding hydrogens is 112 g/mol. The maximum absolute atomic E-state index is 3.45. The smallest absolute Gasteiger partial charge is 0.0165 e. The van der Waals surface area contributed by atoms with Gasteiger partial charge in [-0.1, -0.05) is 26.8 Å². The second-order valence-corrected chi connectivity index (χ2v) is 2.99. The van der Waals surface area contributed by atoms with Gasteiger partial charge in [-0.2, -0.15) is 5.10 Å². The van der Waals surface area contributed by atoms with Gasteiger partial charge in [0.05, 0.1) is 0 Å². The average Bonchev–Trinajstić information content (AvgIpc) is 1.63. The Hall–Kier alpha value is -0.790. The van der Waals surface area contributed by atoms with E-state index in [2.05, 4.69) is 38.0 Å². The zero-order valence-electron chi connectivity index (χ0n) is 6.31. The van der Waals surface area contributed by atoms with Gasteiger partial charge >= 0.3 is 0 Å². The molecule has 0 spiro atoms. The molecular formula is C7H14N2. The number of nitrogens with zero attached hydrogens (tertiary/aromatic N) is 1. The second-order valence-electron chi connectivity index (χ2n) is 2.99. The minimum Gasteiger partial charge on any atom is -0.287 e. The van der Waals surface area contributed by atoms with E-state index in [1.165, 1.54) is 0 Å². The molecule has 2 heteroatoms. The third-order valence-corrected chi connectivity index (χ3v) is 0.749. The van der Waals surface area contributed by atoms with Crippen molar-refractivity contribution >= 4 is 6.72 Å². The number of nitrogens with one attached hydrogen (secondary N) is 1. The molecule has 0 bridgehead atoms. The van der Waals surface area contributed by atoms with Gasteiger partial charge in [0, 0.05) is 12.9 Å². The summed E-state index contributed by atoms with van der Waals surface area (Å²) in [7, 11) is 0. The van der Waals surface area contributed by atoms with Crippen LogP contribution in [-0.2, 0) is 0 Å². The Labute approximate surface area is 56.7 Å². The average molecular weight is 126 g/mol. The van der Waals surface area contributed by atoms with Crippen molar-refractivity contribution in [2.24, 2.45) is 10.5 Å². The summed E-state index contributed by atoms with van der Waals surface area (Å²) in [6, 6.07) is 0. The Morgan fingerprint density at radius 3 is 2.33 bits per heavy atom. The molecule has 0 aromatic rings. The van der Waals surface area contributed by atoms with Gasteiger partial charge < -0.3 is 0 Å². The van der Waals surface area contributed by atoms with Gasteiger partial charge in [0.25, 0.3) is 0 Å². The van der Waals surface area contributed by atoms with Crippen LogP contribution >= 0.6 is 0 Å². The summed E-state index contributed by atoms with van der Waals surface area (Å²) in [4.78, 5) is 0. The first-order valence-corrected chi connectivity index (χ1v) is 2.95. The SMILES string of the molecule is C=NN/C=C\C(C)(C)C. The largest absolute Gasteiger partial charge is 0.287 e. The number of rotatable bonds is 2. The molecule has 0 saturated carbocycles. The van der Waals surface area contributed by atoms with E-state index in [0.29, 0.717) is 0 Å². The molecule has 0 heterocycles. The summed E-state index contributed by atoms with van der Waals surface area (Å²) < 4.78 is 0. The van der Waals surface area contributed by atoms with E-state index < -0.39 is 0 Å². The van der Waals surface area contributed by atoms with Crippen LogP contribution < -0.4 is 5.43 Å². The molecule has 0 saturated heterocycles. The summed E-state index contributed by atoms with van der Waals surface area (Å²) in [5.41, 5.74) is 2.86. The van der Waals surface area contributed by atoms with Crippen molar-refractivity contribution in [2.75, 3.05) is 0 Å². The number of hydrazone groups is 1. The van der Waals surface area contributed by atoms with E-state index in [1.54, 1.807) is 6.20 Å². The fourth-order valence-corrected chi connectivity index (χ4v) is 0.340. The Kier molecular flexibility index (Phi) is 2.99. The van der Waals surface area contributed by atoms with Crippen molar-refractivity contribution in [1.29, 1.82) is 0 Å². The monoisotopic (exact) mass is 126 g/mol. The molecule has 0 aliphatic carbocycles. The maximum Gasteiger partial charge on any atom is 0.0165 e. The van der Waals surface area contributed by atoms with Crippen LogP contribution in [0.25, 0.3) is 0 Å². The lowest BCUT2D eigenvalue weighted by Gasteiger charge is -2.10. The van der Waals surface area contributed by atoms with E-state index >= 15 is 0 Å². The molecule has 0 unspecified atom stereocenters. The third-order valence-electron chi connectivity index (χ3n) is 0.749.